The molecule has 1 aliphatic rings. The Labute approximate surface area is 200 Å². The van der Waals surface area contributed by atoms with E-state index in [0.717, 1.165) is 24.5 Å². The van der Waals surface area contributed by atoms with Crippen LogP contribution in [0.3, 0.4) is 0 Å². The summed E-state index contributed by atoms with van der Waals surface area (Å²) in [5.41, 5.74) is 1.93. The SMILES string of the molecule is COc1ccccc1N1CCN(C(=O)CSc2nc3[nH]ncc3c(=O)n2-c2ccccc2)CC1. The van der Waals surface area contributed by atoms with Crippen LogP contribution in [0.4, 0.5) is 5.69 Å². The van der Waals surface area contributed by atoms with Crippen LogP contribution in [-0.4, -0.2) is 69.6 Å². The summed E-state index contributed by atoms with van der Waals surface area (Å²) in [6.07, 6.45) is 1.48. The zero-order valence-electron chi connectivity index (χ0n) is 18.7. The maximum atomic E-state index is 13.1. The molecule has 1 aliphatic heterocycles. The zero-order chi connectivity index (χ0) is 23.5. The smallest absolute Gasteiger partial charge is 0.269 e. The van der Waals surface area contributed by atoms with Crippen LogP contribution in [-0.2, 0) is 4.79 Å². The summed E-state index contributed by atoms with van der Waals surface area (Å²) in [6.45, 7) is 2.69. The van der Waals surface area contributed by atoms with Gasteiger partial charge in [0.05, 0.1) is 30.4 Å². The number of hydrogen-bond acceptors (Lipinski definition) is 7. The van der Waals surface area contributed by atoms with E-state index in [-0.39, 0.29) is 17.2 Å². The number of piperazine rings is 1. The Hall–Kier alpha value is -3.79. The van der Waals surface area contributed by atoms with Gasteiger partial charge in [-0.25, -0.2) is 4.98 Å². The molecule has 2 aromatic carbocycles. The van der Waals surface area contributed by atoms with Crippen LogP contribution in [0.25, 0.3) is 16.7 Å². The first kappa shape index (κ1) is 22.0. The summed E-state index contributed by atoms with van der Waals surface area (Å²) in [6, 6.07) is 17.2. The Bertz CT molecular complexity index is 1360. The third-order valence-corrected chi connectivity index (χ3v) is 6.77. The number of carbonyl (C=O) groups is 1. The van der Waals surface area contributed by atoms with Crippen molar-refractivity contribution in [2.45, 2.75) is 5.16 Å². The molecule has 0 atom stereocenters. The van der Waals surface area contributed by atoms with E-state index in [0.29, 0.717) is 35.0 Å². The van der Waals surface area contributed by atoms with Crippen molar-refractivity contribution in [3.05, 3.63) is 71.1 Å². The summed E-state index contributed by atoms with van der Waals surface area (Å²) in [7, 11) is 1.67. The van der Waals surface area contributed by atoms with Gasteiger partial charge in [-0.3, -0.25) is 19.3 Å². The molecule has 34 heavy (non-hydrogen) atoms. The van der Waals surface area contributed by atoms with E-state index in [4.69, 9.17) is 4.74 Å². The molecule has 1 saturated heterocycles. The number of nitrogens with one attached hydrogen (secondary N) is 1. The van der Waals surface area contributed by atoms with Crippen LogP contribution in [0.1, 0.15) is 0 Å². The van der Waals surface area contributed by atoms with Gasteiger partial charge in [0.25, 0.3) is 5.56 Å². The van der Waals surface area contributed by atoms with Gasteiger partial charge in [-0.1, -0.05) is 42.1 Å². The molecule has 1 N–H and O–H groups in total. The predicted molar refractivity (Wildman–Crippen MR) is 132 cm³/mol. The largest absolute Gasteiger partial charge is 0.495 e. The number of amides is 1. The second kappa shape index (κ2) is 9.60. The van der Waals surface area contributed by atoms with Crippen molar-refractivity contribution < 1.29 is 9.53 Å². The zero-order valence-corrected chi connectivity index (χ0v) is 19.5. The third kappa shape index (κ3) is 4.24. The van der Waals surface area contributed by atoms with Crippen LogP contribution in [0, 0.1) is 0 Å². The lowest BCUT2D eigenvalue weighted by Crippen LogP contribution is -2.49. The topological polar surface area (TPSA) is 96.3 Å². The average Bonchev–Trinajstić information content (AvgIpc) is 3.37. The second-order valence-electron chi connectivity index (χ2n) is 7.83. The van der Waals surface area contributed by atoms with Gasteiger partial charge < -0.3 is 14.5 Å². The Morgan fingerprint density at radius 2 is 1.79 bits per heavy atom. The fourth-order valence-electron chi connectivity index (χ4n) is 4.08. The number of aromatic amines is 1. The number of anilines is 1. The van der Waals surface area contributed by atoms with E-state index in [9.17, 15) is 9.59 Å². The van der Waals surface area contributed by atoms with Crippen molar-refractivity contribution >= 4 is 34.4 Å². The number of carbonyl (C=O) groups excluding carboxylic acids is 1. The van der Waals surface area contributed by atoms with Gasteiger partial charge in [0.1, 0.15) is 11.1 Å². The van der Waals surface area contributed by atoms with Crippen LogP contribution in [0.15, 0.2) is 70.7 Å². The number of H-pyrrole nitrogens is 1. The minimum atomic E-state index is -0.217. The molecule has 0 radical (unpaired) electrons. The van der Waals surface area contributed by atoms with E-state index in [2.05, 4.69) is 20.1 Å². The minimum Gasteiger partial charge on any atom is -0.495 e. The standard InChI is InChI=1S/C24H24N6O3S/c1-33-20-10-6-5-9-19(20)28-11-13-29(14-12-28)21(31)16-34-24-26-22-18(15-25-27-22)23(32)30(24)17-7-3-2-4-8-17/h2-10,15H,11-14,16H2,1H3,(H,25,27). The van der Waals surface area contributed by atoms with E-state index < -0.39 is 0 Å². The molecular formula is C24H24N6O3S. The Kier molecular flexibility index (Phi) is 6.22. The molecule has 0 saturated carbocycles. The summed E-state index contributed by atoms with van der Waals surface area (Å²) in [4.78, 5) is 34.8. The van der Waals surface area contributed by atoms with Crippen LogP contribution in [0.2, 0.25) is 0 Å². The fraction of sp³-hybridized carbons (Fsp3) is 0.250. The number of benzene rings is 2. The lowest BCUT2D eigenvalue weighted by molar-refractivity contribution is -0.128. The lowest BCUT2D eigenvalue weighted by atomic mass is 10.2. The van der Waals surface area contributed by atoms with Crippen molar-refractivity contribution in [3.8, 4) is 11.4 Å². The summed E-state index contributed by atoms with van der Waals surface area (Å²) in [5.74, 6) is 1.04. The number of thioether (sulfide) groups is 1. The van der Waals surface area contributed by atoms with Gasteiger partial charge in [-0.15, -0.1) is 0 Å². The Morgan fingerprint density at radius 3 is 2.56 bits per heavy atom. The molecule has 0 spiro atoms. The molecule has 0 aliphatic carbocycles. The highest BCUT2D eigenvalue weighted by Gasteiger charge is 2.24. The quantitative estimate of drug-likeness (QED) is 0.337. The molecule has 5 rings (SSSR count). The normalized spacial score (nSPS) is 13.9. The fourth-order valence-corrected chi connectivity index (χ4v) is 4.99. The lowest BCUT2D eigenvalue weighted by Gasteiger charge is -2.36. The van der Waals surface area contributed by atoms with Crippen molar-refractivity contribution in [2.75, 3.05) is 43.9 Å². The first-order valence-electron chi connectivity index (χ1n) is 11.0. The Morgan fingerprint density at radius 1 is 1.06 bits per heavy atom. The molecule has 0 bridgehead atoms. The van der Waals surface area contributed by atoms with Gasteiger partial charge in [0.15, 0.2) is 10.8 Å². The van der Waals surface area contributed by atoms with E-state index in [1.807, 2.05) is 59.5 Å². The minimum absolute atomic E-state index is 0.0169. The molecule has 1 fully saturated rings. The van der Waals surface area contributed by atoms with E-state index >= 15 is 0 Å². The highest BCUT2D eigenvalue weighted by molar-refractivity contribution is 7.99. The van der Waals surface area contributed by atoms with Crippen molar-refractivity contribution in [1.29, 1.82) is 0 Å². The molecule has 174 valence electrons. The van der Waals surface area contributed by atoms with Crippen LogP contribution < -0.4 is 15.2 Å². The van der Waals surface area contributed by atoms with Crippen molar-refractivity contribution in [3.63, 3.8) is 0 Å². The maximum Gasteiger partial charge on any atom is 0.269 e. The third-order valence-electron chi connectivity index (χ3n) is 5.85. The number of aromatic nitrogens is 4. The predicted octanol–water partition coefficient (Wildman–Crippen LogP) is 2.56. The molecule has 3 heterocycles. The van der Waals surface area contributed by atoms with E-state index in [1.165, 1.54) is 22.5 Å². The van der Waals surface area contributed by atoms with Gasteiger partial charge >= 0.3 is 0 Å². The van der Waals surface area contributed by atoms with E-state index in [1.54, 1.807) is 7.11 Å². The monoisotopic (exact) mass is 476 g/mol. The average molecular weight is 477 g/mol. The van der Waals surface area contributed by atoms with Crippen molar-refractivity contribution in [1.82, 2.24) is 24.6 Å². The summed E-state index contributed by atoms with van der Waals surface area (Å²) < 4.78 is 7.01. The van der Waals surface area contributed by atoms with Crippen LogP contribution in [0.5, 0.6) is 5.75 Å². The number of hydrogen-bond donors (Lipinski definition) is 1. The molecule has 4 aromatic rings. The molecule has 0 unspecified atom stereocenters. The first-order valence-corrected chi connectivity index (χ1v) is 11.9. The highest BCUT2D eigenvalue weighted by atomic mass is 32.2. The number of fused-ring (bicyclic) bond motifs is 1. The van der Waals surface area contributed by atoms with Gasteiger partial charge in [0, 0.05) is 26.2 Å². The number of ether oxygens (including phenoxy) is 1. The number of methoxy groups -OCH3 is 1. The van der Waals surface area contributed by atoms with Gasteiger partial charge in [-0.05, 0) is 24.3 Å². The first-order chi connectivity index (χ1) is 16.7. The number of rotatable bonds is 6. The molecule has 1 amide bonds. The highest BCUT2D eigenvalue weighted by Crippen LogP contribution is 2.28. The molecule has 2 aromatic heterocycles. The number of nitrogens with zero attached hydrogens (tertiary/aromatic N) is 5. The van der Waals surface area contributed by atoms with Crippen molar-refractivity contribution in [2.24, 2.45) is 0 Å². The van der Waals surface area contributed by atoms with Crippen LogP contribution >= 0.6 is 11.8 Å². The Balaban J connectivity index is 1.30. The van der Waals surface area contributed by atoms with Gasteiger partial charge in [-0.2, -0.15) is 5.10 Å². The summed E-state index contributed by atoms with van der Waals surface area (Å²) >= 11 is 1.26. The molecule has 10 heteroatoms. The molecular weight excluding hydrogens is 452 g/mol. The number of para-hydroxylation sites is 3. The second-order valence-corrected chi connectivity index (χ2v) is 8.77. The molecule has 9 nitrogen and oxygen atoms in total. The maximum absolute atomic E-state index is 13.1. The summed E-state index contributed by atoms with van der Waals surface area (Å²) in [5, 5.41) is 7.58. The van der Waals surface area contributed by atoms with Gasteiger partial charge in [0.2, 0.25) is 5.91 Å².